The molecule has 0 bridgehead atoms. The standard InChI is InChI=1S/C25H17FN4O/c26-18-5-7-21-16(12-18)4-6-22(29-21)20-13-23(20)30-25(31)24-17(14-28-30)2-1-3-19(24)15-8-10-27-11-9-15/h1-12,14,20,23H,13H2/t20-,23+/m0/s1. The van der Waals surface area contributed by atoms with Crippen molar-refractivity contribution >= 4 is 21.7 Å². The van der Waals surface area contributed by atoms with E-state index in [0.717, 1.165) is 39.5 Å². The number of benzene rings is 2. The van der Waals surface area contributed by atoms with Gasteiger partial charge in [0.1, 0.15) is 5.82 Å². The Labute approximate surface area is 176 Å². The highest BCUT2D eigenvalue weighted by atomic mass is 19.1. The first kappa shape index (κ1) is 17.9. The molecule has 1 saturated carbocycles. The van der Waals surface area contributed by atoms with Crippen molar-refractivity contribution in [1.29, 1.82) is 0 Å². The van der Waals surface area contributed by atoms with Crippen LogP contribution >= 0.6 is 0 Å². The lowest BCUT2D eigenvalue weighted by atomic mass is 10.0. The molecule has 1 aliphatic rings. The quantitative estimate of drug-likeness (QED) is 0.427. The van der Waals surface area contributed by atoms with Gasteiger partial charge in [0.2, 0.25) is 0 Å². The molecule has 0 saturated heterocycles. The van der Waals surface area contributed by atoms with Gasteiger partial charge in [-0.25, -0.2) is 9.07 Å². The van der Waals surface area contributed by atoms with Crippen molar-refractivity contribution in [3.8, 4) is 11.1 Å². The number of nitrogens with zero attached hydrogens (tertiary/aromatic N) is 4. The predicted octanol–water partition coefficient (Wildman–Crippen LogP) is 4.87. The summed E-state index contributed by atoms with van der Waals surface area (Å²) in [5, 5.41) is 6.72. The maximum atomic E-state index is 13.5. The van der Waals surface area contributed by atoms with E-state index in [9.17, 15) is 9.18 Å². The summed E-state index contributed by atoms with van der Waals surface area (Å²) >= 11 is 0. The van der Waals surface area contributed by atoms with Crippen LogP contribution in [-0.2, 0) is 0 Å². The van der Waals surface area contributed by atoms with Crippen LogP contribution in [0.25, 0.3) is 32.8 Å². The van der Waals surface area contributed by atoms with Crippen molar-refractivity contribution in [2.45, 2.75) is 18.4 Å². The van der Waals surface area contributed by atoms with Crippen molar-refractivity contribution in [2.75, 3.05) is 0 Å². The first-order valence-corrected chi connectivity index (χ1v) is 10.2. The van der Waals surface area contributed by atoms with E-state index < -0.39 is 0 Å². The van der Waals surface area contributed by atoms with Crippen LogP contribution in [0.15, 0.2) is 84.0 Å². The highest BCUT2D eigenvalue weighted by Gasteiger charge is 2.42. The van der Waals surface area contributed by atoms with E-state index >= 15 is 0 Å². The first-order valence-electron chi connectivity index (χ1n) is 10.2. The molecule has 1 aliphatic carbocycles. The molecular formula is C25H17FN4O. The molecular weight excluding hydrogens is 391 g/mol. The molecule has 0 unspecified atom stereocenters. The molecule has 5 aromatic rings. The second-order valence-electron chi connectivity index (χ2n) is 7.88. The largest absolute Gasteiger partial charge is 0.275 e. The molecule has 3 aromatic heterocycles. The molecule has 31 heavy (non-hydrogen) atoms. The molecule has 6 heteroatoms. The van der Waals surface area contributed by atoms with Crippen LogP contribution in [0.5, 0.6) is 0 Å². The Hall–Kier alpha value is -3.93. The lowest BCUT2D eigenvalue weighted by Crippen LogP contribution is -2.22. The third kappa shape index (κ3) is 2.99. The van der Waals surface area contributed by atoms with E-state index in [1.807, 2.05) is 42.5 Å². The van der Waals surface area contributed by atoms with Gasteiger partial charge in [-0.05, 0) is 53.9 Å². The van der Waals surface area contributed by atoms with Crippen molar-refractivity contribution in [3.05, 3.63) is 101 Å². The van der Waals surface area contributed by atoms with Crippen LogP contribution in [0.2, 0.25) is 0 Å². The summed E-state index contributed by atoms with van der Waals surface area (Å²) in [7, 11) is 0. The summed E-state index contributed by atoms with van der Waals surface area (Å²) in [6.07, 6.45) is 6.01. The van der Waals surface area contributed by atoms with Gasteiger partial charge in [-0.3, -0.25) is 14.8 Å². The lowest BCUT2D eigenvalue weighted by Gasteiger charge is -2.10. The first-order chi connectivity index (χ1) is 15.2. The minimum absolute atomic E-state index is 0.0344. The minimum atomic E-state index is -0.275. The van der Waals surface area contributed by atoms with Crippen molar-refractivity contribution in [1.82, 2.24) is 19.7 Å². The van der Waals surface area contributed by atoms with Gasteiger partial charge in [-0.15, -0.1) is 0 Å². The number of pyridine rings is 2. The van der Waals surface area contributed by atoms with Gasteiger partial charge in [0.25, 0.3) is 5.56 Å². The third-order valence-corrected chi connectivity index (χ3v) is 5.95. The highest BCUT2D eigenvalue weighted by molar-refractivity contribution is 5.95. The van der Waals surface area contributed by atoms with Crippen molar-refractivity contribution < 1.29 is 4.39 Å². The van der Waals surface area contributed by atoms with Gasteiger partial charge in [-0.2, -0.15) is 5.10 Å². The molecule has 0 spiro atoms. The third-order valence-electron chi connectivity index (χ3n) is 5.95. The van der Waals surface area contributed by atoms with Gasteiger partial charge in [0.05, 0.1) is 23.1 Å². The smallest absolute Gasteiger partial charge is 0.267 e. The molecule has 0 aliphatic heterocycles. The van der Waals surface area contributed by atoms with E-state index in [1.54, 1.807) is 29.3 Å². The number of fused-ring (bicyclic) bond motifs is 2. The van der Waals surface area contributed by atoms with Gasteiger partial charge in [0.15, 0.2) is 0 Å². The molecule has 2 atom stereocenters. The van der Waals surface area contributed by atoms with Crippen LogP contribution < -0.4 is 5.56 Å². The normalized spacial score (nSPS) is 17.8. The van der Waals surface area contributed by atoms with Gasteiger partial charge in [0, 0.05) is 34.8 Å². The van der Waals surface area contributed by atoms with E-state index in [1.165, 1.54) is 12.1 Å². The summed E-state index contributed by atoms with van der Waals surface area (Å²) < 4.78 is 15.0. The number of hydrogen-bond donors (Lipinski definition) is 0. The zero-order valence-electron chi connectivity index (χ0n) is 16.4. The van der Waals surface area contributed by atoms with Crippen LogP contribution in [-0.4, -0.2) is 19.7 Å². The average Bonchev–Trinajstić information content (AvgIpc) is 3.60. The summed E-state index contributed by atoms with van der Waals surface area (Å²) in [4.78, 5) is 22.2. The summed E-state index contributed by atoms with van der Waals surface area (Å²) in [5.41, 5.74) is 3.39. The minimum Gasteiger partial charge on any atom is -0.267 e. The topological polar surface area (TPSA) is 60.7 Å². The number of aromatic nitrogens is 4. The van der Waals surface area contributed by atoms with Gasteiger partial charge in [-0.1, -0.05) is 24.3 Å². The van der Waals surface area contributed by atoms with Crippen LogP contribution in [0, 0.1) is 5.82 Å². The molecule has 0 radical (unpaired) electrons. The van der Waals surface area contributed by atoms with Crippen LogP contribution in [0.3, 0.4) is 0 Å². The van der Waals surface area contributed by atoms with E-state index in [-0.39, 0.29) is 23.3 Å². The Kier molecular flexibility index (Phi) is 3.93. The fourth-order valence-electron chi connectivity index (χ4n) is 4.30. The number of halogens is 1. The molecule has 150 valence electrons. The predicted molar refractivity (Wildman–Crippen MR) is 117 cm³/mol. The molecule has 2 aromatic carbocycles. The second-order valence-corrected chi connectivity index (χ2v) is 7.88. The molecule has 0 N–H and O–H groups in total. The summed E-state index contributed by atoms with van der Waals surface area (Å²) in [6.45, 7) is 0. The van der Waals surface area contributed by atoms with Gasteiger partial charge >= 0.3 is 0 Å². The Morgan fingerprint density at radius 3 is 2.71 bits per heavy atom. The molecule has 1 fully saturated rings. The van der Waals surface area contributed by atoms with Crippen molar-refractivity contribution in [2.24, 2.45) is 0 Å². The zero-order chi connectivity index (χ0) is 20.9. The maximum Gasteiger partial charge on any atom is 0.275 e. The zero-order valence-corrected chi connectivity index (χ0v) is 16.4. The summed E-state index contributed by atoms with van der Waals surface area (Å²) in [6, 6.07) is 18.0. The Morgan fingerprint density at radius 2 is 1.84 bits per heavy atom. The van der Waals surface area contributed by atoms with Crippen LogP contribution in [0.1, 0.15) is 24.1 Å². The Bertz CT molecular complexity index is 1510. The average molecular weight is 408 g/mol. The van der Waals surface area contributed by atoms with E-state index in [0.29, 0.717) is 5.39 Å². The van der Waals surface area contributed by atoms with E-state index in [2.05, 4.69) is 10.1 Å². The van der Waals surface area contributed by atoms with Crippen molar-refractivity contribution in [3.63, 3.8) is 0 Å². The Balaban J connectivity index is 1.41. The second kappa shape index (κ2) is 6.80. The number of rotatable bonds is 3. The summed E-state index contributed by atoms with van der Waals surface area (Å²) in [5.74, 6) is -0.159. The number of hydrogen-bond acceptors (Lipinski definition) is 4. The fraction of sp³-hybridized carbons (Fsp3) is 0.120. The SMILES string of the molecule is O=c1c2c(-c3ccncc3)cccc2cnn1[C@@H]1C[C@H]1c1ccc2cc(F)ccc2n1. The van der Waals surface area contributed by atoms with E-state index in [4.69, 9.17) is 4.98 Å². The molecule has 5 nitrogen and oxygen atoms in total. The molecule has 6 rings (SSSR count). The highest BCUT2D eigenvalue weighted by Crippen LogP contribution is 2.50. The fourth-order valence-corrected chi connectivity index (χ4v) is 4.30. The monoisotopic (exact) mass is 408 g/mol. The molecule has 0 amide bonds. The van der Waals surface area contributed by atoms with Gasteiger partial charge < -0.3 is 0 Å². The lowest BCUT2D eigenvalue weighted by molar-refractivity contribution is 0.590. The van der Waals surface area contributed by atoms with Crippen LogP contribution in [0.4, 0.5) is 4.39 Å². The Morgan fingerprint density at radius 1 is 0.968 bits per heavy atom. The maximum absolute atomic E-state index is 13.5. The molecule has 3 heterocycles.